The Hall–Kier alpha value is -2.60. The molecule has 0 unspecified atom stereocenters. The summed E-state index contributed by atoms with van der Waals surface area (Å²) in [7, 11) is -2.08. The van der Waals surface area contributed by atoms with Gasteiger partial charge in [0.1, 0.15) is 12.4 Å². The molecule has 0 bridgehead atoms. The van der Waals surface area contributed by atoms with Crippen molar-refractivity contribution in [2.24, 2.45) is 0 Å². The lowest BCUT2D eigenvalue weighted by atomic mass is 10.2. The minimum Gasteiger partial charge on any atom is -0.497 e. The number of carbonyl (C=O) groups excluding carboxylic acids is 1. The van der Waals surface area contributed by atoms with Gasteiger partial charge in [0.2, 0.25) is 9.84 Å². The number of benzene rings is 2. The Morgan fingerprint density at radius 1 is 1.04 bits per heavy atom. The normalized spacial score (nSPS) is 10.8. The molecule has 2 rings (SSSR count). The van der Waals surface area contributed by atoms with Gasteiger partial charge in [0, 0.05) is 6.08 Å². The number of ether oxygens (including phenoxy) is 2. The average molecular weight is 332 g/mol. The van der Waals surface area contributed by atoms with E-state index in [1.54, 1.807) is 24.3 Å². The molecular weight excluding hydrogens is 316 g/mol. The number of esters is 1. The fourth-order valence-electron chi connectivity index (χ4n) is 1.87. The van der Waals surface area contributed by atoms with E-state index < -0.39 is 15.8 Å². The van der Waals surface area contributed by atoms with Gasteiger partial charge in [0.05, 0.1) is 16.9 Å². The Morgan fingerprint density at radius 3 is 2.04 bits per heavy atom. The van der Waals surface area contributed by atoms with Gasteiger partial charge >= 0.3 is 5.97 Å². The van der Waals surface area contributed by atoms with Gasteiger partial charge in [0.15, 0.2) is 0 Å². The Bertz CT molecular complexity index is 790. The number of rotatable bonds is 6. The maximum absolute atomic E-state index is 12.5. The molecule has 0 amide bonds. The molecule has 0 N–H and O–H groups in total. The maximum Gasteiger partial charge on any atom is 0.330 e. The van der Waals surface area contributed by atoms with Crippen molar-refractivity contribution in [3.63, 3.8) is 0 Å². The maximum atomic E-state index is 12.5. The van der Waals surface area contributed by atoms with Gasteiger partial charge in [0.25, 0.3) is 0 Å². The summed E-state index contributed by atoms with van der Waals surface area (Å²) in [5, 5.41) is 0. The number of hydrogen-bond acceptors (Lipinski definition) is 5. The first kappa shape index (κ1) is 16.8. The van der Waals surface area contributed by atoms with Gasteiger partial charge in [-0.05, 0) is 42.0 Å². The van der Waals surface area contributed by atoms with Crippen LogP contribution >= 0.6 is 0 Å². The summed E-state index contributed by atoms with van der Waals surface area (Å²) in [5.41, 5.74) is 0.689. The molecule has 2 aromatic carbocycles. The highest BCUT2D eigenvalue weighted by Gasteiger charge is 2.17. The second kappa shape index (κ2) is 7.11. The summed E-state index contributed by atoms with van der Waals surface area (Å²) in [5.74, 6) is 0.0586. The molecule has 0 aliphatic rings. The Morgan fingerprint density at radius 2 is 1.57 bits per heavy atom. The van der Waals surface area contributed by atoms with Crippen LogP contribution in [0, 0.1) is 0 Å². The first-order chi connectivity index (χ1) is 11.0. The van der Waals surface area contributed by atoms with E-state index in [0.29, 0.717) is 11.3 Å². The Labute approximate surface area is 135 Å². The topological polar surface area (TPSA) is 69.7 Å². The minimum absolute atomic E-state index is 0.0632. The van der Waals surface area contributed by atoms with Gasteiger partial charge in [-0.15, -0.1) is 0 Å². The van der Waals surface area contributed by atoms with E-state index >= 15 is 0 Å². The Balaban J connectivity index is 2.19. The van der Waals surface area contributed by atoms with E-state index in [1.807, 2.05) is 0 Å². The molecule has 0 saturated carbocycles. The van der Waals surface area contributed by atoms with Gasteiger partial charge in [-0.25, -0.2) is 13.2 Å². The van der Waals surface area contributed by atoms with Crippen LogP contribution in [-0.4, -0.2) is 21.5 Å². The number of hydrogen-bond donors (Lipinski definition) is 0. The van der Waals surface area contributed by atoms with E-state index in [2.05, 4.69) is 6.58 Å². The van der Waals surface area contributed by atoms with Crippen LogP contribution in [0.1, 0.15) is 5.56 Å². The molecule has 0 atom stereocenters. The molecular formula is C17H16O5S. The summed E-state index contributed by atoms with van der Waals surface area (Å²) >= 11 is 0. The fourth-order valence-corrected chi connectivity index (χ4v) is 3.13. The van der Waals surface area contributed by atoms with Crippen molar-refractivity contribution in [1.82, 2.24) is 0 Å². The summed E-state index contributed by atoms with van der Waals surface area (Å²) < 4.78 is 34.9. The van der Waals surface area contributed by atoms with Crippen molar-refractivity contribution in [2.75, 3.05) is 7.11 Å². The highest BCUT2D eigenvalue weighted by molar-refractivity contribution is 7.91. The van der Waals surface area contributed by atoms with Gasteiger partial charge in [-0.2, -0.15) is 0 Å². The molecule has 0 radical (unpaired) electrons. The smallest absolute Gasteiger partial charge is 0.330 e. The van der Waals surface area contributed by atoms with Crippen molar-refractivity contribution in [2.45, 2.75) is 16.4 Å². The predicted molar refractivity (Wildman–Crippen MR) is 84.9 cm³/mol. The molecule has 0 heterocycles. The summed E-state index contributed by atoms with van der Waals surface area (Å²) in [6.45, 7) is 3.37. The largest absolute Gasteiger partial charge is 0.497 e. The van der Waals surface area contributed by atoms with Crippen LogP contribution < -0.4 is 4.74 Å². The van der Waals surface area contributed by atoms with Crippen molar-refractivity contribution in [3.8, 4) is 5.75 Å². The number of sulfone groups is 1. The second-order valence-corrected chi connectivity index (χ2v) is 6.58. The summed E-state index contributed by atoms with van der Waals surface area (Å²) in [6.07, 6.45) is 1.07. The third-order valence-electron chi connectivity index (χ3n) is 3.15. The zero-order valence-electron chi connectivity index (χ0n) is 12.6. The van der Waals surface area contributed by atoms with Crippen LogP contribution in [0.15, 0.2) is 71.0 Å². The van der Waals surface area contributed by atoms with Crippen LogP contribution in [0.4, 0.5) is 0 Å². The third kappa shape index (κ3) is 3.98. The van der Waals surface area contributed by atoms with Crippen LogP contribution in [0.2, 0.25) is 0 Å². The number of methoxy groups -OCH3 is 1. The highest BCUT2D eigenvalue weighted by atomic mass is 32.2. The van der Waals surface area contributed by atoms with Crippen molar-refractivity contribution in [1.29, 1.82) is 0 Å². The van der Waals surface area contributed by atoms with E-state index in [9.17, 15) is 13.2 Å². The SMILES string of the molecule is C=CC(=O)OCc1ccc(S(=O)(=O)c2ccc(OC)cc2)cc1. The van der Waals surface area contributed by atoms with E-state index in [0.717, 1.165) is 6.08 Å². The molecule has 6 heteroatoms. The zero-order chi connectivity index (χ0) is 16.9. The molecule has 0 aromatic heterocycles. The standard InChI is InChI=1S/C17H16O5S/c1-3-17(18)22-12-13-4-8-15(9-5-13)23(19,20)16-10-6-14(21-2)7-11-16/h3-11H,1,12H2,2H3. The van der Waals surface area contributed by atoms with E-state index in [-0.39, 0.29) is 16.4 Å². The third-order valence-corrected chi connectivity index (χ3v) is 4.94. The van der Waals surface area contributed by atoms with E-state index in [1.165, 1.54) is 31.4 Å². The molecule has 120 valence electrons. The lowest BCUT2D eigenvalue weighted by Gasteiger charge is -2.07. The lowest BCUT2D eigenvalue weighted by molar-refractivity contribution is -0.138. The fraction of sp³-hybridized carbons (Fsp3) is 0.118. The molecule has 23 heavy (non-hydrogen) atoms. The molecule has 0 fully saturated rings. The molecule has 0 saturated heterocycles. The molecule has 5 nitrogen and oxygen atoms in total. The number of carbonyl (C=O) groups is 1. The van der Waals surface area contributed by atoms with Crippen molar-refractivity contribution >= 4 is 15.8 Å². The van der Waals surface area contributed by atoms with Gasteiger partial charge in [-0.3, -0.25) is 0 Å². The van der Waals surface area contributed by atoms with Crippen molar-refractivity contribution < 1.29 is 22.7 Å². The minimum atomic E-state index is -3.60. The lowest BCUT2D eigenvalue weighted by Crippen LogP contribution is -2.03. The zero-order valence-corrected chi connectivity index (χ0v) is 13.4. The summed E-state index contributed by atoms with van der Waals surface area (Å²) in [4.78, 5) is 11.4. The summed E-state index contributed by atoms with van der Waals surface area (Å²) in [6, 6.07) is 12.3. The Kier molecular flexibility index (Phi) is 5.18. The van der Waals surface area contributed by atoms with Crippen LogP contribution in [0.25, 0.3) is 0 Å². The van der Waals surface area contributed by atoms with E-state index in [4.69, 9.17) is 9.47 Å². The van der Waals surface area contributed by atoms with Crippen LogP contribution in [-0.2, 0) is 26.0 Å². The second-order valence-electron chi connectivity index (χ2n) is 4.63. The molecule has 0 aliphatic carbocycles. The molecule has 2 aromatic rings. The van der Waals surface area contributed by atoms with Gasteiger partial charge < -0.3 is 9.47 Å². The molecule has 0 aliphatic heterocycles. The van der Waals surface area contributed by atoms with Crippen LogP contribution in [0.5, 0.6) is 5.75 Å². The van der Waals surface area contributed by atoms with Crippen LogP contribution in [0.3, 0.4) is 0 Å². The first-order valence-electron chi connectivity index (χ1n) is 6.74. The quantitative estimate of drug-likeness (QED) is 0.601. The predicted octanol–water partition coefficient (Wildman–Crippen LogP) is 2.76. The van der Waals surface area contributed by atoms with Crippen molar-refractivity contribution in [3.05, 3.63) is 66.7 Å². The van der Waals surface area contributed by atoms with Gasteiger partial charge in [-0.1, -0.05) is 18.7 Å². The first-order valence-corrected chi connectivity index (χ1v) is 8.23. The highest BCUT2D eigenvalue weighted by Crippen LogP contribution is 2.23. The monoisotopic (exact) mass is 332 g/mol. The average Bonchev–Trinajstić information content (AvgIpc) is 2.60. The molecule has 0 spiro atoms.